The average Bonchev–Trinajstić information content (AvgIpc) is 2.49. The number of aliphatic carboxylic acids is 1. The van der Waals surface area contributed by atoms with Crippen LogP contribution in [0.15, 0.2) is 24.3 Å². The highest BCUT2D eigenvalue weighted by Gasteiger charge is 2.24. The van der Waals surface area contributed by atoms with Crippen LogP contribution in [0.1, 0.15) is 35.7 Å². The standard InChI is InChI=1S/C16H21NO4/c1-2-21-16(20)14-5-3-12(4-6-14)11-17-9-7-13(8-10-17)15(18)19/h3-6,13H,2,7-11H2,1H3,(H,18,19). The molecule has 0 bridgehead atoms. The molecule has 0 aliphatic carbocycles. The number of carbonyl (C=O) groups excluding carboxylic acids is 1. The minimum atomic E-state index is -0.687. The monoisotopic (exact) mass is 291 g/mol. The minimum absolute atomic E-state index is 0.201. The number of carboxylic acid groups (broad SMARTS) is 1. The fraction of sp³-hybridized carbons (Fsp3) is 0.500. The second kappa shape index (κ2) is 7.22. The number of benzene rings is 1. The molecule has 1 N–H and O–H groups in total. The molecule has 0 saturated carbocycles. The number of ether oxygens (including phenoxy) is 1. The van der Waals surface area contributed by atoms with E-state index in [1.54, 1.807) is 19.1 Å². The molecule has 5 heteroatoms. The van der Waals surface area contributed by atoms with E-state index in [9.17, 15) is 9.59 Å². The summed E-state index contributed by atoms with van der Waals surface area (Å²) in [6, 6.07) is 7.40. The number of nitrogens with zero attached hydrogens (tertiary/aromatic N) is 1. The average molecular weight is 291 g/mol. The number of esters is 1. The van der Waals surface area contributed by atoms with E-state index >= 15 is 0 Å². The van der Waals surface area contributed by atoms with E-state index in [1.165, 1.54) is 0 Å². The number of carboxylic acids is 1. The van der Waals surface area contributed by atoms with E-state index in [1.807, 2.05) is 12.1 Å². The van der Waals surface area contributed by atoms with Crippen LogP contribution >= 0.6 is 0 Å². The summed E-state index contributed by atoms with van der Waals surface area (Å²) < 4.78 is 4.95. The van der Waals surface area contributed by atoms with Gasteiger partial charge in [0, 0.05) is 6.54 Å². The third-order valence-electron chi connectivity index (χ3n) is 3.81. The predicted octanol–water partition coefficient (Wildman–Crippen LogP) is 2.16. The van der Waals surface area contributed by atoms with Crippen LogP contribution in [0.3, 0.4) is 0 Å². The van der Waals surface area contributed by atoms with E-state index in [0.717, 1.165) is 25.2 Å². The summed E-state index contributed by atoms with van der Waals surface area (Å²) in [6.07, 6.45) is 1.41. The number of carbonyl (C=O) groups is 2. The van der Waals surface area contributed by atoms with E-state index < -0.39 is 5.97 Å². The molecule has 0 unspecified atom stereocenters. The zero-order chi connectivity index (χ0) is 15.2. The van der Waals surface area contributed by atoms with Gasteiger partial charge in [-0.2, -0.15) is 0 Å². The van der Waals surface area contributed by atoms with Crippen molar-refractivity contribution in [3.8, 4) is 0 Å². The van der Waals surface area contributed by atoms with Crippen LogP contribution in [-0.4, -0.2) is 41.6 Å². The summed E-state index contributed by atoms with van der Waals surface area (Å²) in [5.41, 5.74) is 1.68. The molecular formula is C16H21NO4. The number of hydrogen-bond donors (Lipinski definition) is 1. The van der Waals surface area contributed by atoms with Gasteiger partial charge in [-0.1, -0.05) is 12.1 Å². The van der Waals surface area contributed by atoms with Crippen LogP contribution < -0.4 is 0 Å². The fourth-order valence-electron chi connectivity index (χ4n) is 2.56. The normalized spacial score (nSPS) is 16.6. The molecule has 0 atom stereocenters. The first-order valence-electron chi connectivity index (χ1n) is 7.31. The summed E-state index contributed by atoms with van der Waals surface area (Å²) >= 11 is 0. The molecule has 5 nitrogen and oxygen atoms in total. The molecular weight excluding hydrogens is 270 g/mol. The number of piperidine rings is 1. The zero-order valence-electron chi connectivity index (χ0n) is 12.2. The number of hydrogen-bond acceptors (Lipinski definition) is 4. The Morgan fingerprint density at radius 2 is 1.86 bits per heavy atom. The Bertz CT molecular complexity index is 490. The van der Waals surface area contributed by atoms with Gasteiger partial charge in [0.25, 0.3) is 0 Å². The molecule has 0 spiro atoms. The highest BCUT2D eigenvalue weighted by Crippen LogP contribution is 2.19. The second-order valence-corrected chi connectivity index (χ2v) is 5.31. The predicted molar refractivity (Wildman–Crippen MR) is 78.0 cm³/mol. The van der Waals surface area contributed by atoms with Gasteiger partial charge in [0.15, 0.2) is 0 Å². The highest BCUT2D eigenvalue weighted by molar-refractivity contribution is 5.89. The largest absolute Gasteiger partial charge is 0.481 e. The van der Waals surface area contributed by atoms with Crippen LogP contribution in [0.2, 0.25) is 0 Å². The van der Waals surface area contributed by atoms with Gasteiger partial charge in [-0.15, -0.1) is 0 Å². The Hall–Kier alpha value is -1.88. The van der Waals surface area contributed by atoms with Crippen LogP contribution in [-0.2, 0) is 16.1 Å². The molecule has 0 radical (unpaired) electrons. The van der Waals surface area contributed by atoms with Gasteiger partial charge in [0.05, 0.1) is 18.1 Å². The van der Waals surface area contributed by atoms with Crippen LogP contribution in [0, 0.1) is 5.92 Å². The van der Waals surface area contributed by atoms with Crippen LogP contribution in [0.25, 0.3) is 0 Å². The van der Waals surface area contributed by atoms with Crippen molar-refractivity contribution in [2.45, 2.75) is 26.3 Å². The van der Waals surface area contributed by atoms with Crippen molar-refractivity contribution >= 4 is 11.9 Å². The Morgan fingerprint density at radius 3 is 2.38 bits per heavy atom. The van der Waals surface area contributed by atoms with E-state index in [-0.39, 0.29) is 11.9 Å². The number of likely N-dealkylation sites (tertiary alicyclic amines) is 1. The lowest BCUT2D eigenvalue weighted by Crippen LogP contribution is -2.35. The van der Waals surface area contributed by atoms with Crippen molar-refractivity contribution in [3.63, 3.8) is 0 Å². The topological polar surface area (TPSA) is 66.8 Å². The van der Waals surface area contributed by atoms with Gasteiger partial charge in [-0.05, 0) is 50.6 Å². The van der Waals surface area contributed by atoms with Gasteiger partial charge >= 0.3 is 11.9 Å². The Labute approximate surface area is 124 Å². The number of rotatable bonds is 5. The van der Waals surface area contributed by atoms with E-state index in [0.29, 0.717) is 25.0 Å². The van der Waals surface area contributed by atoms with Crippen molar-refractivity contribution in [1.29, 1.82) is 0 Å². The molecule has 1 aromatic rings. The smallest absolute Gasteiger partial charge is 0.338 e. The molecule has 1 aromatic carbocycles. The molecule has 1 aliphatic rings. The van der Waals surface area contributed by atoms with Crippen molar-refractivity contribution in [3.05, 3.63) is 35.4 Å². The van der Waals surface area contributed by atoms with Crippen molar-refractivity contribution in [1.82, 2.24) is 4.90 Å². The maximum Gasteiger partial charge on any atom is 0.338 e. The Morgan fingerprint density at radius 1 is 1.24 bits per heavy atom. The van der Waals surface area contributed by atoms with Crippen LogP contribution in [0.4, 0.5) is 0 Å². The third kappa shape index (κ3) is 4.29. The lowest BCUT2D eigenvalue weighted by molar-refractivity contribution is -0.143. The van der Waals surface area contributed by atoms with Gasteiger partial charge in [0.2, 0.25) is 0 Å². The molecule has 1 fully saturated rings. The summed E-state index contributed by atoms with van der Waals surface area (Å²) in [7, 11) is 0. The third-order valence-corrected chi connectivity index (χ3v) is 3.81. The lowest BCUT2D eigenvalue weighted by Gasteiger charge is -2.30. The van der Waals surface area contributed by atoms with Gasteiger partial charge in [-0.25, -0.2) is 4.79 Å². The molecule has 114 valence electrons. The van der Waals surface area contributed by atoms with Gasteiger partial charge < -0.3 is 9.84 Å². The first kappa shape index (κ1) is 15.5. The molecule has 21 heavy (non-hydrogen) atoms. The molecule has 1 heterocycles. The van der Waals surface area contributed by atoms with Crippen molar-refractivity contribution in [2.75, 3.05) is 19.7 Å². The lowest BCUT2D eigenvalue weighted by atomic mass is 9.97. The van der Waals surface area contributed by atoms with Crippen LogP contribution in [0.5, 0.6) is 0 Å². The summed E-state index contributed by atoms with van der Waals surface area (Å²) in [5.74, 6) is -1.19. The highest BCUT2D eigenvalue weighted by atomic mass is 16.5. The SMILES string of the molecule is CCOC(=O)c1ccc(CN2CCC(C(=O)O)CC2)cc1. The summed E-state index contributed by atoms with van der Waals surface area (Å²) in [4.78, 5) is 24.7. The fourth-order valence-corrected chi connectivity index (χ4v) is 2.56. The molecule has 0 aromatic heterocycles. The Kier molecular flexibility index (Phi) is 5.33. The maximum absolute atomic E-state index is 11.6. The maximum atomic E-state index is 11.6. The molecule has 2 rings (SSSR count). The van der Waals surface area contributed by atoms with Crippen molar-refractivity contribution < 1.29 is 19.4 Å². The summed E-state index contributed by atoms with van der Waals surface area (Å²) in [6.45, 7) is 4.55. The van der Waals surface area contributed by atoms with Crippen molar-refractivity contribution in [2.24, 2.45) is 5.92 Å². The quantitative estimate of drug-likeness (QED) is 0.842. The van der Waals surface area contributed by atoms with E-state index in [4.69, 9.17) is 9.84 Å². The Balaban J connectivity index is 1.87. The molecule has 1 saturated heterocycles. The first-order chi connectivity index (χ1) is 10.1. The minimum Gasteiger partial charge on any atom is -0.481 e. The first-order valence-corrected chi connectivity index (χ1v) is 7.31. The second-order valence-electron chi connectivity index (χ2n) is 5.31. The summed E-state index contributed by atoms with van der Waals surface area (Å²) in [5, 5.41) is 8.98. The van der Waals surface area contributed by atoms with Gasteiger partial charge in [-0.3, -0.25) is 9.69 Å². The molecule has 0 amide bonds. The van der Waals surface area contributed by atoms with E-state index in [2.05, 4.69) is 4.90 Å². The van der Waals surface area contributed by atoms with Gasteiger partial charge in [0.1, 0.15) is 0 Å². The zero-order valence-corrected chi connectivity index (χ0v) is 12.2. The molecule has 1 aliphatic heterocycles.